The summed E-state index contributed by atoms with van der Waals surface area (Å²) in [6, 6.07) is 6.20. The van der Waals surface area contributed by atoms with Gasteiger partial charge in [-0.25, -0.2) is 0 Å². The lowest BCUT2D eigenvalue weighted by Gasteiger charge is -2.09. The number of hydrogen-bond donors (Lipinski definition) is 1. The maximum atomic E-state index is 11.5. The summed E-state index contributed by atoms with van der Waals surface area (Å²) in [6.45, 7) is 0. The van der Waals surface area contributed by atoms with Gasteiger partial charge in [0.15, 0.2) is 5.69 Å². The minimum Gasteiger partial charge on any atom is -0.313 e. The molecule has 0 saturated carbocycles. The lowest BCUT2D eigenvalue weighted by atomic mass is 10.2. The van der Waals surface area contributed by atoms with Crippen LogP contribution in [0.25, 0.3) is 5.69 Å². The number of nitro groups is 4. The Balaban J connectivity index is 2.32. The van der Waals surface area contributed by atoms with Crippen LogP contribution in [-0.4, -0.2) is 40.7 Å². The number of benzene rings is 2. The van der Waals surface area contributed by atoms with Gasteiger partial charge in [0.25, 0.3) is 11.4 Å². The second-order valence-corrected chi connectivity index (χ2v) is 6.58. The molecule has 0 aliphatic heterocycles. The van der Waals surface area contributed by atoms with Crippen LogP contribution in [0.15, 0.2) is 41.6 Å². The second-order valence-electron chi connectivity index (χ2n) is 5.80. The first-order valence-electron chi connectivity index (χ1n) is 8.27. The third-order valence-corrected chi connectivity index (χ3v) is 4.56. The van der Waals surface area contributed by atoms with Crippen LogP contribution >= 0.6 is 11.8 Å². The fraction of sp³-hybridized carbons (Fsp3) is 0.0667. The molecule has 0 amide bonds. The topological polar surface area (TPSA) is 215 Å². The van der Waals surface area contributed by atoms with Gasteiger partial charge in [-0.1, -0.05) is 11.8 Å². The molecule has 0 spiro atoms. The van der Waals surface area contributed by atoms with Gasteiger partial charge in [0.1, 0.15) is 0 Å². The maximum Gasteiger partial charge on any atom is 0.302 e. The van der Waals surface area contributed by atoms with Crippen LogP contribution < -0.4 is 5.32 Å². The van der Waals surface area contributed by atoms with Gasteiger partial charge in [-0.05, 0) is 18.4 Å². The monoisotopic (exact) mass is 462 g/mol. The van der Waals surface area contributed by atoms with Crippen molar-refractivity contribution in [1.29, 1.82) is 0 Å². The van der Waals surface area contributed by atoms with Gasteiger partial charge in [0.05, 0.1) is 19.7 Å². The van der Waals surface area contributed by atoms with Crippen molar-refractivity contribution in [1.82, 2.24) is 14.8 Å². The van der Waals surface area contributed by atoms with Crippen molar-refractivity contribution >= 4 is 46.1 Å². The minimum absolute atomic E-state index is 0.0128. The molecule has 32 heavy (non-hydrogen) atoms. The molecule has 0 fully saturated rings. The molecule has 1 N–H and O–H groups in total. The van der Waals surface area contributed by atoms with Gasteiger partial charge < -0.3 is 5.32 Å². The number of nitrogens with one attached hydrogen (secondary N) is 1. The molecular formula is C15H10N8O8S. The summed E-state index contributed by atoms with van der Waals surface area (Å²) in [4.78, 5) is 46.4. The summed E-state index contributed by atoms with van der Waals surface area (Å²) in [5.74, 6) is -0.441. The van der Waals surface area contributed by atoms with Crippen LogP contribution in [0.5, 0.6) is 0 Å². The number of aromatic nitrogens is 3. The van der Waals surface area contributed by atoms with Crippen LogP contribution in [-0.2, 0) is 0 Å². The summed E-state index contributed by atoms with van der Waals surface area (Å²) in [6.07, 6.45) is 1.55. The zero-order chi connectivity index (χ0) is 23.6. The Morgan fingerprint density at radius 3 is 1.66 bits per heavy atom. The van der Waals surface area contributed by atoms with E-state index in [-0.39, 0.29) is 5.16 Å². The molecule has 3 rings (SSSR count). The van der Waals surface area contributed by atoms with Gasteiger partial charge in [0.2, 0.25) is 16.8 Å². The molecular weight excluding hydrogens is 452 g/mol. The third-order valence-electron chi connectivity index (χ3n) is 4.02. The summed E-state index contributed by atoms with van der Waals surface area (Å²) in [5.41, 5.74) is -3.93. The van der Waals surface area contributed by atoms with Gasteiger partial charge in [-0.2, -0.15) is 9.67 Å². The minimum atomic E-state index is -0.876. The average molecular weight is 462 g/mol. The number of hydrogen-bond acceptors (Lipinski definition) is 12. The van der Waals surface area contributed by atoms with Crippen LogP contribution in [0.1, 0.15) is 0 Å². The van der Waals surface area contributed by atoms with E-state index in [0.29, 0.717) is 4.68 Å². The molecule has 0 radical (unpaired) electrons. The Hall–Kier alpha value is -4.67. The van der Waals surface area contributed by atoms with E-state index in [1.54, 1.807) is 6.26 Å². The Kier molecular flexibility index (Phi) is 5.92. The summed E-state index contributed by atoms with van der Waals surface area (Å²) < 4.78 is 0.711. The number of para-hydroxylation sites is 2. The predicted octanol–water partition coefficient (Wildman–Crippen LogP) is 3.37. The summed E-state index contributed by atoms with van der Waals surface area (Å²) in [5, 5.41) is 52.2. The average Bonchev–Trinajstić information content (AvgIpc) is 3.15. The highest BCUT2D eigenvalue weighted by Gasteiger charge is 2.32. The fourth-order valence-electron chi connectivity index (χ4n) is 2.72. The van der Waals surface area contributed by atoms with E-state index in [9.17, 15) is 40.5 Å². The molecule has 1 aromatic heterocycles. The van der Waals surface area contributed by atoms with Gasteiger partial charge in [-0.15, -0.1) is 5.10 Å². The van der Waals surface area contributed by atoms with Crippen molar-refractivity contribution in [3.8, 4) is 5.69 Å². The molecule has 3 aromatic rings. The van der Waals surface area contributed by atoms with E-state index in [2.05, 4.69) is 15.4 Å². The second kappa shape index (κ2) is 8.60. The zero-order valence-electron chi connectivity index (χ0n) is 15.8. The summed E-state index contributed by atoms with van der Waals surface area (Å²) >= 11 is 0.968. The predicted molar refractivity (Wildman–Crippen MR) is 109 cm³/mol. The Bertz CT molecular complexity index is 1210. The van der Waals surface area contributed by atoms with Crippen molar-refractivity contribution in [3.63, 3.8) is 0 Å². The molecule has 164 valence electrons. The van der Waals surface area contributed by atoms with Crippen molar-refractivity contribution in [2.45, 2.75) is 5.16 Å². The molecule has 0 unspecified atom stereocenters. The van der Waals surface area contributed by atoms with Crippen LogP contribution in [0, 0.1) is 40.5 Å². The number of anilines is 2. The largest absolute Gasteiger partial charge is 0.313 e. The van der Waals surface area contributed by atoms with E-state index >= 15 is 0 Å². The number of thioether (sulfide) groups is 1. The standard InChI is InChI=1S/C15H10N8O8S/c1-32-15-17-14(16-12-8(20(24)25)4-2-5-9(12)21(26)27)19(18-15)13-10(22(28)29)6-3-7-11(13)23(30)31/h2-7H,1H3,(H,16,17,18). The molecule has 0 saturated heterocycles. The molecule has 0 aliphatic rings. The highest BCUT2D eigenvalue weighted by Crippen LogP contribution is 2.39. The number of rotatable bonds is 8. The van der Waals surface area contributed by atoms with Crippen LogP contribution in [0.3, 0.4) is 0 Å². The molecule has 2 aromatic carbocycles. The normalized spacial score (nSPS) is 10.5. The molecule has 1 heterocycles. The zero-order valence-corrected chi connectivity index (χ0v) is 16.6. The quantitative estimate of drug-likeness (QED) is 0.289. The first-order valence-corrected chi connectivity index (χ1v) is 9.50. The lowest BCUT2D eigenvalue weighted by Crippen LogP contribution is -2.10. The number of nitro benzene ring substituents is 4. The smallest absolute Gasteiger partial charge is 0.302 e. The SMILES string of the molecule is CSc1nc(Nc2c([N+](=O)[O-])cccc2[N+](=O)[O-])n(-c2c([N+](=O)[O-])cccc2[N+](=O)[O-])n1. The number of nitrogens with zero attached hydrogens (tertiary/aromatic N) is 7. The molecule has 17 heteroatoms. The highest BCUT2D eigenvalue weighted by atomic mass is 32.2. The van der Waals surface area contributed by atoms with Crippen LogP contribution in [0.4, 0.5) is 34.4 Å². The van der Waals surface area contributed by atoms with Crippen LogP contribution in [0.2, 0.25) is 0 Å². The Labute approximate surface area is 180 Å². The van der Waals surface area contributed by atoms with Crippen molar-refractivity contribution in [2.75, 3.05) is 11.6 Å². The lowest BCUT2D eigenvalue weighted by molar-refractivity contribution is -0.393. The molecule has 16 nitrogen and oxygen atoms in total. The van der Waals surface area contributed by atoms with Gasteiger partial charge in [-0.3, -0.25) is 40.5 Å². The van der Waals surface area contributed by atoms with Gasteiger partial charge in [0, 0.05) is 24.3 Å². The van der Waals surface area contributed by atoms with Crippen molar-refractivity contribution < 1.29 is 19.7 Å². The highest BCUT2D eigenvalue weighted by molar-refractivity contribution is 7.98. The van der Waals surface area contributed by atoms with Gasteiger partial charge >= 0.3 is 11.4 Å². The van der Waals surface area contributed by atoms with Crippen molar-refractivity contribution in [2.24, 2.45) is 0 Å². The third kappa shape index (κ3) is 3.99. The maximum absolute atomic E-state index is 11.5. The van der Waals surface area contributed by atoms with E-state index in [1.165, 1.54) is 0 Å². The first-order chi connectivity index (χ1) is 15.1. The Morgan fingerprint density at radius 1 is 0.812 bits per heavy atom. The van der Waals surface area contributed by atoms with E-state index < -0.39 is 59.8 Å². The molecule has 0 aliphatic carbocycles. The first kappa shape index (κ1) is 22.0. The molecule has 0 atom stereocenters. The van der Waals surface area contributed by atoms with E-state index in [0.717, 1.165) is 48.2 Å². The summed E-state index contributed by atoms with van der Waals surface area (Å²) in [7, 11) is 0. The Morgan fingerprint density at radius 2 is 1.25 bits per heavy atom. The van der Waals surface area contributed by atoms with Crippen molar-refractivity contribution in [3.05, 3.63) is 76.9 Å². The fourth-order valence-corrected chi connectivity index (χ4v) is 3.06. The van der Waals surface area contributed by atoms with E-state index in [1.807, 2.05) is 0 Å². The van der Waals surface area contributed by atoms with E-state index in [4.69, 9.17) is 0 Å². The molecule has 0 bridgehead atoms.